The van der Waals surface area contributed by atoms with Gasteiger partial charge in [-0.1, -0.05) is 0 Å². The van der Waals surface area contributed by atoms with Crippen LogP contribution in [0.25, 0.3) is 0 Å². The van der Waals surface area contributed by atoms with Crippen LogP contribution in [0, 0.1) is 11.8 Å². The van der Waals surface area contributed by atoms with E-state index >= 15 is 0 Å². The van der Waals surface area contributed by atoms with Crippen LogP contribution >= 0.6 is 0 Å². The fourth-order valence-electron chi connectivity index (χ4n) is 3.59. The summed E-state index contributed by atoms with van der Waals surface area (Å²) in [5, 5.41) is 0. The smallest absolute Gasteiger partial charge is 0.381 e. The second kappa shape index (κ2) is 6.97. The molecule has 3 rings (SSSR count). The normalized spacial score (nSPS) is 29.3. The Kier molecular flexibility index (Phi) is 5.16. The van der Waals surface area contributed by atoms with E-state index in [0.29, 0.717) is 24.9 Å². The molecular formula is C16H25F3N2O2. The number of piperidine rings is 1. The SMILES string of the molecule is O=C(CN(CC1CCOC1)C1CC1)N1CCCC(C(F)(F)F)C1. The maximum atomic E-state index is 12.9. The van der Waals surface area contributed by atoms with Crippen molar-refractivity contribution in [3.05, 3.63) is 0 Å². The van der Waals surface area contributed by atoms with Crippen LogP contribution in [-0.2, 0) is 9.53 Å². The molecule has 0 aromatic carbocycles. The first-order valence-electron chi connectivity index (χ1n) is 8.60. The molecule has 7 heteroatoms. The second-order valence-corrected chi connectivity index (χ2v) is 7.11. The van der Waals surface area contributed by atoms with E-state index in [-0.39, 0.29) is 25.4 Å². The number of likely N-dealkylation sites (tertiary alicyclic amines) is 1. The predicted molar refractivity (Wildman–Crippen MR) is 78.9 cm³/mol. The van der Waals surface area contributed by atoms with Crippen molar-refractivity contribution in [3.63, 3.8) is 0 Å². The van der Waals surface area contributed by atoms with Gasteiger partial charge in [0.1, 0.15) is 0 Å². The molecule has 4 nitrogen and oxygen atoms in total. The molecule has 1 amide bonds. The summed E-state index contributed by atoms with van der Waals surface area (Å²) in [6.07, 6.45) is -0.430. The minimum atomic E-state index is -4.20. The molecule has 1 aliphatic carbocycles. The summed E-state index contributed by atoms with van der Waals surface area (Å²) < 4.78 is 44.0. The maximum Gasteiger partial charge on any atom is 0.393 e. The number of alkyl halides is 3. The third-order valence-electron chi connectivity index (χ3n) is 5.16. The summed E-state index contributed by atoms with van der Waals surface area (Å²) in [6.45, 7) is 2.87. The average Bonchev–Trinajstić information content (AvgIpc) is 3.24. The molecular weight excluding hydrogens is 309 g/mol. The van der Waals surface area contributed by atoms with Crippen LogP contribution in [0.4, 0.5) is 13.2 Å². The summed E-state index contributed by atoms with van der Waals surface area (Å²) in [6, 6.07) is 0.433. The molecule has 23 heavy (non-hydrogen) atoms. The van der Waals surface area contributed by atoms with Gasteiger partial charge in [0.25, 0.3) is 0 Å². The average molecular weight is 334 g/mol. The molecule has 0 aromatic heterocycles. The number of hydrogen-bond acceptors (Lipinski definition) is 3. The number of rotatable bonds is 5. The monoisotopic (exact) mass is 334 g/mol. The zero-order valence-electron chi connectivity index (χ0n) is 13.4. The highest BCUT2D eigenvalue weighted by molar-refractivity contribution is 5.78. The Morgan fingerprint density at radius 2 is 2.00 bits per heavy atom. The van der Waals surface area contributed by atoms with Gasteiger partial charge in [0.2, 0.25) is 5.91 Å². The van der Waals surface area contributed by atoms with E-state index in [1.807, 2.05) is 0 Å². The van der Waals surface area contributed by atoms with Gasteiger partial charge in [-0.05, 0) is 38.0 Å². The third-order valence-corrected chi connectivity index (χ3v) is 5.16. The van der Waals surface area contributed by atoms with Crippen LogP contribution in [0.3, 0.4) is 0 Å². The lowest BCUT2D eigenvalue weighted by molar-refractivity contribution is -0.188. The maximum absolute atomic E-state index is 12.9. The van der Waals surface area contributed by atoms with Gasteiger partial charge in [0.15, 0.2) is 0 Å². The Morgan fingerprint density at radius 1 is 1.22 bits per heavy atom. The Hall–Kier alpha value is -0.820. The Labute approximate surface area is 134 Å². The predicted octanol–water partition coefficient (Wildman–Crippen LogP) is 2.29. The Morgan fingerprint density at radius 3 is 2.61 bits per heavy atom. The first-order valence-corrected chi connectivity index (χ1v) is 8.60. The number of carbonyl (C=O) groups excluding carboxylic acids is 1. The van der Waals surface area contributed by atoms with Gasteiger partial charge < -0.3 is 9.64 Å². The van der Waals surface area contributed by atoms with E-state index in [1.165, 1.54) is 4.90 Å². The van der Waals surface area contributed by atoms with E-state index in [1.54, 1.807) is 0 Å². The van der Waals surface area contributed by atoms with Crippen LogP contribution < -0.4 is 0 Å². The molecule has 2 aliphatic heterocycles. The van der Waals surface area contributed by atoms with E-state index in [9.17, 15) is 18.0 Å². The molecule has 0 spiro atoms. The Bertz CT molecular complexity index is 420. The van der Waals surface area contributed by atoms with Crippen LogP contribution in [0.15, 0.2) is 0 Å². The standard InChI is InChI=1S/C16H25F3N2O2/c17-16(18,19)13-2-1-6-20(9-13)15(22)10-21(14-3-4-14)8-12-5-7-23-11-12/h12-14H,1-11H2. The molecule has 3 aliphatic rings. The van der Waals surface area contributed by atoms with Crippen LogP contribution in [0.2, 0.25) is 0 Å². The summed E-state index contributed by atoms with van der Waals surface area (Å²) in [4.78, 5) is 16.1. The van der Waals surface area contributed by atoms with Crippen LogP contribution in [0.1, 0.15) is 32.1 Å². The number of ether oxygens (including phenoxy) is 1. The lowest BCUT2D eigenvalue weighted by atomic mass is 9.97. The van der Waals surface area contributed by atoms with E-state index in [4.69, 9.17) is 4.74 Å². The number of halogens is 3. The molecule has 0 radical (unpaired) electrons. The van der Waals surface area contributed by atoms with Crippen LogP contribution in [0.5, 0.6) is 0 Å². The number of hydrogen-bond donors (Lipinski definition) is 0. The Balaban J connectivity index is 1.53. The highest BCUT2D eigenvalue weighted by atomic mass is 19.4. The summed E-state index contributed by atoms with van der Waals surface area (Å²) in [5.41, 5.74) is 0. The van der Waals surface area contributed by atoms with Crippen molar-refractivity contribution in [1.29, 1.82) is 0 Å². The third kappa shape index (κ3) is 4.59. The molecule has 2 unspecified atom stereocenters. The summed E-state index contributed by atoms with van der Waals surface area (Å²) in [7, 11) is 0. The first kappa shape index (κ1) is 17.0. The molecule has 1 saturated carbocycles. The molecule has 0 bridgehead atoms. The van der Waals surface area contributed by atoms with E-state index in [2.05, 4.69) is 4.90 Å². The molecule has 3 fully saturated rings. The lowest BCUT2D eigenvalue weighted by Crippen LogP contribution is -2.49. The number of carbonyl (C=O) groups is 1. The molecule has 2 heterocycles. The highest BCUT2D eigenvalue weighted by Gasteiger charge is 2.43. The van der Waals surface area contributed by atoms with Gasteiger partial charge in [-0.15, -0.1) is 0 Å². The van der Waals surface area contributed by atoms with Gasteiger partial charge in [0.05, 0.1) is 19.1 Å². The lowest BCUT2D eigenvalue weighted by Gasteiger charge is -2.35. The van der Waals surface area contributed by atoms with Crippen molar-refractivity contribution >= 4 is 5.91 Å². The first-order chi connectivity index (χ1) is 10.9. The highest BCUT2D eigenvalue weighted by Crippen LogP contribution is 2.33. The van der Waals surface area contributed by atoms with E-state index in [0.717, 1.165) is 39.0 Å². The number of nitrogens with zero attached hydrogens (tertiary/aromatic N) is 2. The van der Waals surface area contributed by atoms with Crippen molar-refractivity contribution < 1.29 is 22.7 Å². The molecule has 0 N–H and O–H groups in total. The largest absolute Gasteiger partial charge is 0.393 e. The zero-order valence-corrected chi connectivity index (χ0v) is 13.4. The summed E-state index contributed by atoms with van der Waals surface area (Å²) >= 11 is 0. The number of amides is 1. The van der Waals surface area contributed by atoms with Gasteiger partial charge in [-0.3, -0.25) is 9.69 Å². The molecule has 2 atom stereocenters. The molecule has 0 aromatic rings. The molecule has 2 saturated heterocycles. The topological polar surface area (TPSA) is 32.8 Å². The van der Waals surface area contributed by atoms with Gasteiger partial charge >= 0.3 is 6.18 Å². The van der Waals surface area contributed by atoms with Crippen molar-refractivity contribution in [2.45, 2.75) is 44.3 Å². The zero-order chi connectivity index (χ0) is 16.4. The fraction of sp³-hybridized carbons (Fsp3) is 0.938. The van der Waals surface area contributed by atoms with Crippen molar-refractivity contribution in [2.75, 3.05) is 39.4 Å². The summed E-state index contributed by atoms with van der Waals surface area (Å²) in [5.74, 6) is -1.06. The minimum absolute atomic E-state index is 0.138. The van der Waals surface area contributed by atoms with Crippen molar-refractivity contribution in [2.24, 2.45) is 11.8 Å². The van der Waals surface area contributed by atoms with Gasteiger partial charge in [-0.25, -0.2) is 0 Å². The van der Waals surface area contributed by atoms with Crippen molar-refractivity contribution in [1.82, 2.24) is 9.80 Å². The minimum Gasteiger partial charge on any atom is -0.381 e. The van der Waals surface area contributed by atoms with Gasteiger partial charge in [0, 0.05) is 32.3 Å². The van der Waals surface area contributed by atoms with E-state index < -0.39 is 12.1 Å². The molecule has 132 valence electrons. The fourth-order valence-corrected chi connectivity index (χ4v) is 3.59. The second-order valence-electron chi connectivity index (χ2n) is 7.11. The quantitative estimate of drug-likeness (QED) is 0.773. The van der Waals surface area contributed by atoms with Gasteiger partial charge in [-0.2, -0.15) is 13.2 Å². The van der Waals surface area contributed by atoms with Crippen molar-refractivity contribution in [3.8, 4) is 0 Å². The van der Waals surface area contributed by atoms with Crippen LogP contribution in [-0.4, -0.2) is 67.3 Å².